The van der Waals surface area contributed by atoms with Crippen LogP contribution in [0.5, 0.6) is 0 Å². The summed E-state index contributed by atoms with van der Waals surface area (Å²) in [6.45, 7) is 2.96. The quantitative estimate of drug-likeness (QED) is 0.466. The molecule has 1 aliphatic carbocycles. The standard InChI is InChI=1S/C14H23N3S.HI/c1-11(12-7-8-18-10-12)9-16-14(15)17-13-5-3-2-4-6-13;/h7-8,10-11,13H,2-6,9H2,1H3,(H3,15,16,17);1H. The minimum Gasteiger partial charge on any atom is -0.370 e. The Balaban J connectivity index is 0.00000180. The highest BCUT2D eigenvalue weighted by Crippen LogP contribution is 2.19. The third-order valence-corrected chi connectivity index (χ3v) is 4.31. The molecule has 108 valence electrons. The molecule has 2 rings (SSSR count). The van der Waals surface area contributed by atoms with Crippen LogP contribution in [0.25, 0.3) is 0 Å². The van der Waals surface area contributed by atoms with E-state index >= 15 is 0 Å². The van der Waals surface area contributed by atoms with Crippen LogP contribution in [0.15, 0.2) is 21.8 Å². The van der Waals surface area contributed by atoms with Gasteiger partial charge >= 0.3 is 0 Å². The molecule has 1 aromatic rings. The van der Waals surface area contributed by atoms with Crippen LogP contribution in [0.2, 0.25) is 0 Å². The van der Waals surface area contributed by atoms with E-state index in [1.54, 1.807) is 11.3 Å². The Labute approximate surface area is 137 Å². The molecule has 0 aliphatic heterocycles. The van der Waals surface area contributed by atoms with E-state index in [2.05, 4.69) is 34.1 Å². The van der Waals surface area contributed by atoms with E-state index in [0.29, 0.717) is 17.9 Å². The number of nitrogens with one attached hydrogen (secondary N) is 1. The van der Waals surface area contributed by atoms with E-state index in [4.69, 9.17) is 5.73 Å². The van der Waals surface area contributed by atoms with Crippen LogP contribution in [0.1, 0.15) is 50.5 Å². The second-order valence-electron chi connectivity index (χ2n) is 5.16. The zero-order valence-electron chi connectivity index (χ0n) is 11.5. The number of halogens is 1. The average molecular weight is 393 g/mol. The highest BCUT2D eigenvalue weighted by Gasteiger charge is 2.13. The summed E-state index contributed by atoms with van der Waals surface area (Å²) in [5, 5.41) is 7.65. The van der Waals surface area contributed by atoms with Crippen LogP contribution < -0.4 is 11.1 Å². The Morgan fingerprint density at radius 1 is 1.47 bits per heavy atom. The van der Waals surface area contributed by atoms with Gasteiger partial charge in [0.05, 0.1) is 0 Å². The fourth-order valence-electron chi connectivity index (χ4n) is 2.40. The van der Waals surface area contributed by atoms with Gasteiger partial charge in [-0.15, -0.1) is 24.0 Å². The minimum absolute atomic E-state index is 0. The number of rotatable bonds is 4. The summed E-state index contributed by atoms with van der Waals surface area (Å²) in [6, 6.07) is 2.70. The van der Waals surface area contributed by atoms with E-state index in [9.17, 15) is 0 Å². The van der Waals surface area contributed by atoms with Crippen LogP contribution in [0.3, 0.4) is 0 Å². The Morgan fingerprint density at radius 2 is 2.21 bits per heavy atom. The summed E-state index contributed by atoms with van der Waals surface area (Å²) >= 11 is 1.74. The van der Waals surface area contributed by atoms with Crippen molar-refractivity contribution < 1.29 is 0 Å². The lowest BCUT2D eigenvalue weighted by atomic mass is 9.96. The molecular weight excluding hydrogens is 369 g/mol. The molecule has 3 N–H and O–H groups in total. The molecule has 1 unspecified atom stereocenters. The maximum Gasteiger partial charge on any atom is 0.188 e. The molecule has 0 aromatic carbocycles. The SMILES string of the molecule is CC(CN=C(N)NC1CCCCC1)c1ccsc1.I. The molecule has 1 saturated carbocycles. The molecule has 0 bridgehead atoms. The van der Waals surface area contributed by atoms with Crippen molar-refractivity contribution in [3.8, 4) is 0 Å². The monoisotopic (exact) mass is 393 g/mol. The Hall–Kier alpha value is -0.300. The molecular formula is C14H24IN3S. The first-order valence-electron chi connectivity index (χ1n) is 6.84. The van der Waals surface area contributed by atoms with Crippen molar-refractivity contribution in [2.75, 3.05) is 6.54 Å². The summed E-state index contributed by atoms with van der Waals surface area (Å²) in [5.74, 6) is 1.06. The average Bonchev–Trinajstić information content (AvgIpc) is 2.91. The molecule has 1 atom stereocenters. The van der Waals surface area contributed by atoms with Gasteiger partial charge in [-0.25, -0.2) is 0 Å². The molecule has 1 aliphatic rings. The highest BCUT2D eigenvalue weighted by molar-refractivity contribution is 14.0. The van der Waals surface area contributed by atoms with Gasteiger partial charge < -0.3 is 11.1 Å². The van der Waals surface area contributed by atoms with Gasteiger partial charge in [0, 0.05) is 18.5 Å². The van der Waals surface area contributed by atoms with Gasteiger partial charge in [0.2, 0.25) is 0 Å². The van der Waals surface area contributed by atoms with Gasteiger partial charge in [-0.1, -0.05) is 26.2 Å². The summed E-state index contributed by atoms with van der Waals surface area (Å²) in [4.78, 5) is 4.46. The van der Waals surface area contributed by atoms with Crippen molar-refractivity contribution in [2.24, 2.45) is 10.7 Å². The summed E-state index contributed by atoms with van der Waals surface area (Å²) in [6.07, 6.45) is 6.46. The lowest BCUT2D eigenvalue weighted by molar-refractivity contribution is 0.412. The second kappa shape index (κ2) is 8.79. The lowest BCUT2D eigenvalue weighted by Crippen LogP contribution is -2.41. The van der Waals surface area contributed by atoms with Crippen LogP contribution in [-0.2, 0) is 0 Å². The Bertz CT molecular complexity index is 372. The molecule has 5 heteroatoms. The van der Waals surface area contributed by atoms with Crippen molar-refractivity contribution >= 4 is 41.3 Å². The molecule has 0 amide bonds. The fourth-order valence-corrected chi connectivity index (χ4v) is 3.18. The predicted molar refractivity (Wildman–Crippen MR) is 94.6 cm³/mol. The molecule has 0 radical (unpaired) electrons. The van der Waals surface area contributed by atoms with Gasteiger partial charge in [-0.3, -0.25) is 4.99 Å². The molecule has 19 heavy (non-hydrogen) atoms. The summed E-state index contributed by atoms with van der Waals surface area (Å²) < 4.78 is 0. The van der Waals surface area contributed by atoms with Gasteiger partial charge in [0.15, 0.2) is 5.96 Å². The number of hydrogen-bond acceptors (Lipinski definition) is 2. The summed E-state index contributed by atoms with van der Waals surface area (Å²) in [7, 11) is 0. The van der Waals surface area contributed by atoms with Crippen molar-refractivity contribution in [1.29, 1.82) is 0 Å². The first-order valence-corrected chi connectivity index (χ1v) is 7.78. The zero-order valence-corrected chi connectivity index (χ0v) is 14.6. The lowest BCUT2D eigenvalue weighted by Gasteiger charge is -2.23. The Morgan fingerprint density at radius 3 is 2.84 bits per heavy atom. The molecule has 1 aromatic heterocycles. The number of nitrogens with two attached hydrogens (primary N) is 1. The molecule has 1 heterocycles. The number of hydrogen-bond donors (Lipinski definition) is 2. The number of aliphatic imine (C=N–C) groups is 1. The van der Waals surface area contributed by atoms with Gasteiger partial charge in [-0.2, -0.15) is 11.3 Å². The molecule has 0 spiro atoms. The van der Waals surface area contributed by atoms with E-state index in [0.717, 1.165) is 6.54 Å². The third-order valence-electron chi connectivity index (χ3n) is 3.60. The molecule has 1 fully saturated rings. The van der Waals surface area contributed by atoms with Gasteiger partial charge in [0.1, 0.15) is 0 Å². The fraction of sp³-hybridized carbons (Fsp3) is 0.643. The van der Waals surface area contributed by atoms with Crippen molar-refractivity contribution in [1.82, 2.24) is 5.32 Å². The van der Waals surface area contributed by atoms with E-state index in [1.165, 1.54) is 37.7 Å². The van der Waals surface area contributed by atoms with E-state index in [-0.39, 0.29) is 24.0 Å². The van der Waals surface area contributed by atoms with Crippen LogP contribution in [-0.4, -0.2) is 18.5 Å². The smallest absolute Gasteiger partial charge is 0.188 e. The van der Waals surface area contributed by atoms with Crippen molar-refractivity contribution in [3.63, 3.8) is 0 Å². The number of thiophene rings is 1. The number of nitrogens with zero attached hydrogens (tertiary/aromatic N) is 1. The first kappa shape index (κ1) is 16.8. The van der Waals surface area contributed by atoms with Crippen molar-refractivity contribution in [3.05, 3.63) is 22.4 Å². The predicted octanol–water partition coefficient (Wildman–Crippen LogP) is 3.71. The van der Waals surface area contributed by atoms with Crippen LogP contribution in [0, 0.1) is 0 Å². The van der Waals surface area contributed by atoms with E-state index in [1.807, 2.05) is 0 Å². The topological polar surface area (TPSA) is 50.4 Å². The van der Waals surface area contributed by atoms with Gasteiger partial charge in [0.25, 0.3) is 0 Å². The Kier molecular flexibility index (Phi) is 7.75. The van der Waals surface area contributed by atoms with E-state index < -0.39 is 0 Å². The van der Waals surface area contributed by atoms with Crippen LogP contribution in [0.4, 0.5) is 0 Å². The molecule has 0 saturated heterocycles. The largest absolute Gasteiger partial charge is 0.370 e. The summed E-state index contributed by atoms with van der Waals surface area (Å²) in [5.41, 5.74) is 7.30. The molecule has 3 nitrogen and oxygen atoms in total. The van der Waals surface area contributed by atoms with Crippen LogP contribution >= 0.6 is 35.3 Å². The van der Waals surface area contributed by atoms with Gasteiger partial charge in [-0.05, 0) is 35.2 Å². The zero-order chi connectivity index (χ0) is 12.8. The maximum atomic E-state index is 5.95. The maximum absolute atomic E-state index is 5.95. The third kappa shape index (κ3) is 5.69. The number of guanidine groups is 1. The normalized spacial score (nSPS) is 18.7. The van der Waals surface area contributed by atoms with Crippen molar-refractivity contribution in [2.45, 2.75) is 51.0 Å². The minimum atomic E-state index is 0. The second-order valence-corrected chi connectivity index (χ2v) is 5.94. The first-order chi connectivity index (χ1) is 8.75. The highest BCUT2D eigenvalue weighted by atomic mass is 127.